The molecular formula is C6H13N5. The van der Waals surface area contributed by atoms with Crippen LogP contribution in [-0.2, 0) is 13.5 Å². The maximum absolute atomic E-state index is 5.70. The van der Waals surface area contributed by atoms with E-state index in [4.69, 9.17) is 5.73 Å². The van der Waals surface area contributed by atoms with Gasteiger partial charge < -0.3 is 5.73 Å². The fourth-order valence-electron chi connectivity index (χ4n) is 0.784. The lowest BCUT2D eigenvalue weighted by molar-refractivity contribution is 0.608. The Morgan fingerprint density at radius 1 is 1.64 bits per heavy atom. The van der Waals surface area contributed by atoms with Gasteiger partial charge in [-0.05, 0) is 11.6 Å². The number of aromatic nitrogens is 4. The molecule has 0 aliphatic carbocycles. The molecule has 0 aliphatic heterocycles. The summed E-state index contributed by atoms with van der Waals surface area (Å²) >= 11 is 0. The van der Waals surface area contributed by atoms with E-state index in [0.29, 0.717) is 6.42 Å². The highest BCUT2D eigenvalue weighted by Gasteiger charge is 2.05. The summed E-state index contributed by atoms with van der Waals surface area (Å²) in [5.41, 5.74) is 5.70. The van der Waals surface area contributed by atoms with Gasteiger partial charge in [0.25, 0.3) is 0 Å². The van der Waals surface area contributed by atoms with Crippen LogP contribution in [0.15, 0.2) is 0 Å². The molecule has 0 fully saturated rings. The van der Waals surface area contributed by atoms with Crippen molar-refractivity contribution < 1.29 is 0 Å². The van der Waals surface area contributed by atoms with Crippen LogP contribution in [0.25, 0.3) is 0 Å². The molecule has 0 aromatic carbocycles. The molecule has 1 rings (SSSR count). The van der Waals surface area contributed by atoms with E-state index in [0.717, 1.165) is 12.2 Å². The zero-order valence-electron chi connectivity index (χ0n) is 6.86. The summed E-state index contributed by atoms with van der Waals surface area (Å²) in [4.78, 5) is 1.44. The van der Waals surface area contributed by atoms with Crippen LogP contribution in [0, 0.1) is 0 Å². The largest absolute Gasteiger partial charge is 0.327 e. The molecule has 1 aromatic heterocycles. The molecule has 0 amide bonds. The van der Waals surface area contributed by atoms with Crippen LogP contribution in [0.2, 0.25) is 0 Å². The quantitative estimate of drug-likeness (QED) is 0.638. The summed E-state index contributed by atoms with van der Waals surface area (Å²) in [6.45, 7) is 2.04. The molecule has 0 radical (unpaired) electrons. The molecule has 5 heteroatoms. The number of nitrogens with zero attached hydrogens (tertiary/aromatic N) is 4. The standard InChI is InChI=1S/C6H13N5/c1-3-5(7)4-6-8-10-11(2)9-6/h5H,3-4,7H2,1-2H3. The molecule has 0 bridgehead atoms. The van der Waals surface area contributed by atoms with Gasteiger partial charge >= 0.3 is 0 Å². The second-order valence-electron chi connectivity index (χ2n) is 2.57. The minimum Gasteiger partial charge on any atom is -0.327 e. The van der Waals surface area contributed by atoms with Gasteiger partial charge in [-0.15, -0.1) is 10.2 Å². The Bertz CT molecular complexity index is 219. The first-order chi connectivity index (χ1) is 5.22. The Labute approximate surface area is 65.6 Å². The maximum Gasteiger partial charge on any atom is 0.176 e. The van der Waals surface area contributed by atoms with Crippen molar-refractivity contribution in [3.05, 3.63) is 5.82 Å². The lowest BCUT2D eigenvalue weighted by Crippen LogP contribution is -2.22. The number of hydrogen-bond donors (Lipinski definition) is 1. The Morgan fingerprint density at radius 3 is 2.82 bits per heavy atom. The first kappa shape index (κ1) is 8.13. The summed E-state index contributed by atoms with van der Waals surface area (Å²) in [5.74, 6) is 0.724. The molecule has 0 saturated heterocycles. The van der Waals surface area contributed by atoms with Gasteiger partial charge in [0.1, 0.15) is 0 Å². The Balaban J connectivity index is 2.50. The number of aryl methyl sites for hydroxylation is 1. The van der Waals surface area contributed by atoms with Gasteiger partial charge in [-0.3, -0.25) is 0 Å². The molecular weight excluding hydrogens is 142 g/mol. The third-order valence-electron chi connectivity index (χ3n) is 1.52. The van der Waals surface area contributed by atoms with Crippen molar-refractivity contribution in [3.63, 3.8) is 0 Å². The van der Waals surface area contributed by atoms with E-state index in [2.05, 4.69) is 15.4 Å². The lowest BCUT2D eigenvalue weighted by atomic mass is 10.2. The Kier molecular flexibility index (Phi) is 2.53. The van der Waals surface area contributed by atoms with Gasteiger partial charge in [-0.25, -0.2) is 0 Å². The topological polar surface area (TPSA) is 69.6 Å². The molecule has 0 spiro atoms. The van der Waals surface area contributed by atoms with E-state index >= 15 is 0 Å². The van der Waals surface area contributed by atoms with E-state index in [1.807, 2.05) is 6.92 Å². The summed E-state index contributed by atoms with van der Waals surface area (Å²) in [5, 5.41) is 11.5. The van der Waals surface area contributed by atoms with Crippen LogP contribution in [0.4, 0.5) is 0 Å². The zero-order chi connectivity index (χ0) is 8.27. The summed E-state index contributed by atoms with van der Waals surface area (Å²) in [6, 6.07) is 0.152. The second kappa shape index (κ2) is 3.43. The fourth-order valence-corrected chi connectivity index (χ4v) is 0.784. The predicted molar refractivity (Wildman–Crippen MR) is 40.8 cm³/mol. The lowest BCUT2D eigenvalue weighted by Gasteiger charge is -2.02. The van der Waals surface area contributed by atoms with Crippen LogP contribution in [0.5, 0.6) is 0 Å². The zero-order valence-corrected chi connectivity index (χ0v) is 6.86. The summed E-state index contributed by atoms with van der Waals surface area (Å²) < 4.78 is 0. The Morgan fingerprint density at radius 2 is 2.36 bits per heavy atom. The smallest absolute Gasteiger partial charge is 0.176 e. The minimum absolute atomic E-state index is 0.152. The number of rotatable bonds is 3. The molecule has 1 aromatic rings. The van der Waals surface area contributed by atoms with Crippen LogP contribution < -0.4 is 5.73 Å². The summed E-state index contributed by atoms with van der Waals surface area (Å²) in [7, 11) is 1.74. The van der Waals surface area contributed by atoms with Gasteiger partial charge in [0.2, 0.25) is 0 Å². The SMILES string of the molecule is CCC(N)Cc1nnn(C)n1. The maximum atomic E-state index is 5.70. The van der Waals surface area contributed by atoms with E-state index in [1.54, 1.807) is 7.05 Å². The van der Waals surface area contributed by atoms with Crippen molar-refractivity contribution in [2.45, 2.75) is 25.8 Å². The van der Waals surface area contributed by atoms with E-state index in [9.17, 15) is 0 Å². The minimum atomic E-state index is 0.152. The Hall–Kier alpha value is -0.970. The van der Waals surface area contributed by atoms with Crippen molar-refractivity contribution in [3.8, 4) is 0 Å². The number of nitrogens with two attached hydrogens (primary N) is 1. The average molecular weight is 155 g/mol. The molecule has 0 aliphatic rings. The monoisotopic (exact) mass is 155 g/mol. The normalized spacial score (nSPS) is 13.4. The second-order valence-corrected chi connectivity index (χ2v) is 2.57. The van der Waals surface area contributed by atoms with Gasteiger partial charge in [0.05, 0.1) is 7.05 Å². The molecule has 1 heterocycles. The van der Waals surface area contributed by atoms with E-state index in [1.165, 1.54) is 4.80 Å². The predicted octanol–water partition coefficient (Wildman–Crippen LogP) is -0.510. The molecule has 5 nitrogen and oxygen atoms in total. The van der Waals surface area contributed by atoms with Gasteiger partial charge in [0.15, 0.2) is 5.82 Å². The van der Waals surface area contributed by atoms with Crippen molar-refractivity contribution in [1.82, 2.24) is 20.2 Å². The van der Waals surface area contributed by atoms with Crippen molar-refractivity contribution >= 4 is 0 Å². The third kappa shape index (κ3) is 2.27. The molecule has 0 saturated carbocycles. The highest BCUT2D eigenvalue weighted by Crippen LogP contribution is 1.94. The third-order valence-corrected chi connectivity index (χ3v) is 1.52. The van der Waals surface area contributed by atoms with Crippen LogP contribution in [0.1, 0.15) is 19.2 Å². The molecule has 1 unspecified atom stereocenters. The summed E-state index contributed by atoms with van der Waals surface area (Å²) in [6.07, 6.45) is 1.66. The number of hydrogen-bond acceptors (Lipinski definition) is 4. The van der Waals surface area contributed by atoms with Crippen molar-refractivity contribution in [2.75, 3.05) is 0 Å². The fraction of sp³-hybridized carbons (Fsp3) is 0.833. The van der Waals surface area contributed by atoms with Crippen molar-refractivity contribution in [1.29, 1.82) is 0 Å². The first-order valence-corrected chi connectivity index (χ1v) is 3.70. The van der Waals surface area contributed by atoms with E-state index < -0.39 is 0 Å². The van der Waals surface area contributed by atoms with Gasteiger partial charge in [-0.1, -0.05) is 6.92 Å². The van der Waals surface area contributed by atoms with Crippen LogP contribution in [-0.4, -0.2) is 26.2 Å². The highest BCUT2D eigenvalue weighted by molar-refractivity contribution is 4.81. The first-order valence-electron chi connectivity index (χ1n) is 3.70. The molecule has 11 heavy (non-hydrogen) atoms. The van der Waals surface area contributed by atoms with Crippen molar-refractivity contribution in [2.24, 2.45) is 12.8 Å². The van der Waals surface area contributed by atoms with Gasteiger partial charge in [-0.2, -0.15) is 4.80 Å². The van der Waals surface area contributed by atoms with E-state index in [-0.39, 0.29) is 6.04 Å². The molecule has 62 valence electrons. The van der Waals surface area contributed by atoms with Crippen LogP contribution >= 0.6 is 0 Å². The number of tetrazole rings is 1. The average Bonchev–Trinajstić information content (AvgIpc) is 2.35. The van der Waals surface area contributed by atoms with Crippen LogP contribution in [0.3, 0.4) is 0 Å². The molecule has 1 atom stereocenters. The highest BCUT2D eigenvalue weighted by atomic mass is 15.6. The van der Waals surface area contributed by atoms with Gasteiger partial charge in [0, 0.05) is 12.5 Å². The molecule has 2 N–H and O–H groups in total.